The zero-order chi connectivity index (χ0) is 17.2. The lowest BCUT2D eigenvalue weighted by Crippen LogP contribution is -1.85. The third-order valence-corrected chi connectivity index (χ3v) is 4.12. The molecule has 0 fully saturated rings. The Labute approximate surface area is 144 Å². The van der Waals surface area contributed by atoms with Crippen LogP contribution in [0.4, 0.5) is 0 Å². The SMILES string of the molecule is C=C(O)CCCCCCC/C=C/CCCCCCCC(=C)OC. The Bertz CT molecular complexity index is 318. The Kier molecular flexibility index (Phi) is 16.3. The summed E-state index contributed by atoms with van der Waals surface area (Å²) < 4.78 is 5.06. The third-order valence-electron chi connectivity index (χ3n) is 4.12. The van der Waals surface area contributed by atoms with Crippen LogP contribution in [0.25, 0.3) is 0 Å². The van der Waals surface area contributed by atoms with E-state index >= 15 is 0 Å². The van der Waals surface area contributed by atoms with Gasteiger partial charge in [0.05, 0.1) is 18.6 Å². The van der Waals surface area contributed by atoms with Gasteiger partial charge >= 0.3 is 0 Å². The maximum Gasteiger partial charge on any atom is 0.0883 e. The summed E-state index contributed by atoms with van der Waals surface area (Å²) in [5.41, 5.74) is 0. The summed E-state index contributed by atoms with van der Waals surface area (Å²) in [5, 5.41) is 8.98. The van der Waals surface area contributed by atoms with Crippen molar-refractivity contribution >= 4 is 0 Å². The van der Waals surface area contributed by atoms with Crippen molar-refractivity contribution in [2.45, 2.75) is 89.9 Å². The lowest BCUT2D eigenvalue weighted by molar-refractivity contribution is 0.276. The number of aliphatic hydroxyl groups excluding tert-OH is 1. The van der Waals surface area contributed by atoms with Gasteiger partial charge in [0.1, 0.15) is 0 Å². The minimum Gasteiger partial charge on any atom is -0.513 e. The zero-order valence-corrected chi connectivity index (χ0v) is 15.3. The smallest absolute Gasteiger partial charge is 0.0883 e. The highest BCUT2D eigenvalue weighted by Crippen LogP contribution is 2.12. The predicted molar refractivity (Wildman–Crippen MR) is 102 cm³/mol. The van der Waals surface area contributed by atoms with Crippen LogP contribution in [-0.4, -0.2) is 12.2 Å². The fourth-order valence-electron chi connectivity index (χ4n) is 2.57. The summed E-state index contributed by atoms with van der Waals surface area (Å²) in [6.45, 7) is 7.35. The molecule has 1 N–H and O–H groups in total. The molecule has 0 radical (unpaired) electrons. The lowest BCUT2D eigenvalue weighted by atomic mass is 10.1. The number of aliphatic hydroxyl groups is 1. The van der Waals surface area contributed by atoms with Crippen LogP contribution in [0.1, 0.15) is 89.9 Å². The molecular weight excluding hydrogens is 284 g/mol. The fraction of sp³-hybridized carbons (Fsp3) is 0.714. The highest BCUT2D eigenvalue weighted by Gasteiger charge is 1.94. The second-order valence-corrected chi connectivity index (χ2v) is 6.39. The predicted octanol–water partition coefficient (Wildman–Crippen LogP) is 7.24. The standard InChI is InChI=1S/C21H38O2/c1-20(22)18-16-14-12-10-8-6-4-5-7-9-11-13-15-17-19-21(2)23-3/h4-5,22H,1-2,6-19H2,3H3/b5-4+. The van der Waals surface area contributed by atoms with Gasteiger partial charge in [-0.15, -0.1) is 0 Å². The molecule has 0 aromatic rings. The Hall–Kier alpha value is -1.18. The van der Waals surface area contributed by atoms with Crippen LogP contribution in [0.15, 0.2) is 36.8 Å². The average Bonchev–Trinajstić information content (AvgIpc) is 2.53. The number of unbranched alkanes of at least 4 members (excludes halogenated alkanes) is 10. The molecule has 2 heteroatoms. The Morgan fingerprint density at radius 1 is 0.739 bits per heavy atom. The van der Waals surface area contributed by atoms with Crippen molar-refractivity contribution in [3.63, 3.8) is 0 Å². The van der Waals surface area contributed by atoms with Gasteiger partial charge in [-0.05, 0) is 38.5 Å². The minimum absolute atomic E-state index is 0.327. The first-order valence-electron chi connectivity index (χ1n) is 9.40. The molecule has 2 nitrogen and oxygen atoms in total. The van der Waals surface area contributed by atoms with Gasteiger partial charge < -0.3 is 9.84 Å². The van der Waals surface area contributed by atoms with E-state index in [1.807, 2.05) is 0 Å². The number of hydrogen-bond donors (Lipinski definition) is 1. The summed E-state index contributed by atoms with van der Waals surface area (Å²) in [7, 11) is 1.70. The molecule has 0 aliphatic carbocycles. The largest absolute Gasteiger partial charge is 0.513 e. The van der Waals surface area contributed by atoms with Crippen molar-refractivity contribution < 1.29 is 9.84 Å². The number of allylic oxidation sites excluding steroid dienone is 4. The van der Waals surface area contributed by atoms with Crippen LogP contribution in [0.5, 0.6) is 0 Å². The van der Waals surface area contributed by atoms with E-state index in [2.05, 4.69) is 25.3 Å². The molecule has 0 atom stereocenters. The van der Waals surface area contributed by atoms with Crippen LogP contribution in [0.3, 0.4) is 0 Å². The summed E-state index contributed by atoms with van der Waals surface area (Å²) in [6, 6.07) is 0. The Balaban J connectivity index is 3.14. The van der Waals surface area contributed by atoms with E-state index in [4.69, 9.17) is 9.84 Å². The molecule has 134 valence electrons. The lowest BCUT2D eigenvalue weighted by Gasteiger charge is -2.03. The van der Waals surface area contributed by atoms with Gasteiger partial charge in [-0.25, -0.2) is 0 Å². The highest BCUT2D eigenvalue weighted by molar-refractivity contribution is 4.82. The fourth-order valence-corrected chi connectivity index (χ4v) is 2.57. The molecule has 0 heterocycles. The maximum atomic E-state index is 8.98. The molecule has 0 bridgehead atoms. The highest BCUT2D eigenvalue weighted by atomic mass is 16.5. The second kappa shape index (κ2) is 17.2. The van der Waals surface area contributed by atoms with Crippen molar-refractivity contribution in [1.29, 1.82) is 0 Å². The van der Waals surface area contributed by atoms with Crippen LogP contribution in [-0.2, 0) is 4.74 Å². The van der Waals surface area contributed by atoms with Crippen molar-refractivity contribution in [3.05, 3.63) is 36.8 Å². The van der Waals surface area contributed by atoms with Crippen LogP contribution in [0.2, 0.25) is 0 Å². The molecule has 0 saturated heterocycles. The number of rotatable bonds is 17. The van der Waals surface area contributed by atoms with Gasteiger partial charge in [-0.1, -0.05) is 63.8 Å². The van der Waals surface area contributed by atoms with Crippen LogP contribution >= 0.6 is 0 Å². The molecule has 0 unspecified atom stereocenters. The van der Waals surface area contributed by atoms with Crippen LogP contribution < -0.4 is 0 Å². The van der Waals surface area contributed by atoms with Crippen LogP contribution in [0, 0.1) is 0 Å². The summed E-state index contributed by atoms with van der Waals surface area (Å²) >= 11 is 0. The molecule has 0 amide bonds. The Morgan fingerprint density at radius 2 is 1.17 bits per heavy atom. The van der Waals surface area contributed by atoms with Gasteiger partial charge in [-0.3, -0.25) is 0 Å². The summed E-state index contributed by atoms with van der Waals surface area (Å²) in [4.78, 5) is 0. The molecule has 0 spiro atoms. The molecule has 23 heavy (non-hydrogen) atoms. The van der Waals surface area contributed by atoms with E-state index in [-0.39, 0.29) is 0 Å². The van der Waals surface area contributed by atoms with Gasteiger partial charge in [0.2, 0.25) is 0 Å². The molecule has 0 aliphatic rings. The molecule has 0 aliphatic heterocycles. The van der Waals surface area contributed by atoms with E-state index in [1.165, 1.54) is 70.6 Å². The third kappa shape index (κ3) is 18.8. The van der Waals surface area contributed by atoms with Crippen molar-refractivity contribution in [2.75, 3.05) is 7.11 Å². The summed E-state index contributed by atoms with van der Waals surface area (Å²) in [6.07, 6.45) is 21.5. The molecular formula is C21H38O2. The first kappa shape index (κ1) is 21.8. The summed E-state index contributed by atoms with van der Waals surface area (Å²) in [5.74, 6) is 1.24. The van der Waals surface area contributed by atoms with Gasteiger partial charge in [0, 0.05) is 12.8 Å². The van der Waals surface area contributed by atoms with E-state index in [0.717, 1.165) is 25.0 Å². The topological polar surface area (TPSA) is 29.5 Å². The van der Waals surface area contributed by atoms with Crippen molar-refractivity contribution in [2.24, 2.45) is 0 Å². The van der Waals surface area contributed by atoms with Gasteiger partial charge in [0.25, 0.3) is 0 Å². The quantitative estimate of drug-likeness (QED) is 0.174. The molecule has 0 aromatic heterocycles. The molecule has 0 rings (SSSR count). The van der Waals surface area contributed by atoms with Crippen molar-refractivity contribution in [3.8, 4) is 0 Å². The Morgan fingerprint density at radius 3 is 1.65 bits per heavy atom. The first-order chi connectivity index (χ1) is 11.2. The first-order valence-corrected chi connectivity index (χ1v) is 9.40. The van der Waals surface area contributed by atoms with Gasteiger partial charge in [-0.2, -0.15) is 0 Å². The van der Waals surface area contributed by atoms with E-state index in [0.29, 0.717) is 5.76 Å². The zero-order valence-electron chi connectivity index (χ0n) is 15.3. The van der Waals surface area contributed by atoms with E-state index in [9.17, 15) is 0 Å². The number of ether oxygens (including phenoxy) is 1. The van der Waals surface area contributed by atoms with E-state index in [1.54, 1.807) is 7.11 Å². The second-order valence-electron chi connectivity index (χ2n) is 6.39. The number of hydrogen-bond acceptors (Lipinski definition) is 2. The van der Waals surface area contributed by atoms with Gasteiger partial charge in [0.15, 0.2) is 0 Å². The minimum atomic E-state index is 0.327. The normalized spacial score (nSPS) is 11.0. The van der Waals surface area contributed by atoms with E-state index < -0.39 is 0 Å². The monoisotopic (exact) mass is 322 g/mol. The molecule has 0 aromatic carbocycles. The number of methoxy groups -OCH3 is 1. The average molecular weight is 323 g/mol. The maximum absolute atomic E-state index is 8.98. The van der Waals surface area contributed by atoms with Crippen molar-refractivity contribution in [1.82, 2.24) is 0 Å². The molecule has 0 saturated carbocycles.